The molecule has 0 fully saturated rings. The van der Waals surface area contributed by atoms with Gasteiger partial charge in [-0.1, -0.05) is 91.0 Å². The fraction of sp³-hybridized carbons (Fsp3) is 0.240. The molecule has 0 aliphatic rings. The molecule has 0 aromatic heterocycles. The van der Waals surface area contributed by atoms with Crippen molar-refractivity contribution >= 4 is 5.91 Å². The molecule has 0 aliphatic heterocycles. The minimum Gasteiger partial charge on any atom is -0.333 e. The SMILES string of the molecule is CC(C)(C)N(Cc1ccccc1)C(=O)C(c1ccccc1)c1ccccc1. The Labute approximate surface area is 162 Å². The second kappa shape index (κ2) is 8.22. The second-order valence-corrected chi connectivity index (χ2v) is 7.84. The summed E-state index contributed by atoms with van der Waals surface area (Å²) in [5.41, 5.74) is 2.90. The summed E-state index contributed by atoms with van der Waals surface area (Å²) in [5.74, 6) is -0.181. The van der Waals surface area contributed by atoms with E-state index in [2.05, 4.69) is 32.9 Å². The summed E-state index contributed by atoms with van der Waals surface area (Å²) in [5, 5.41) is 0. The van der Waals surface area contributed by atoms with Crippen LogP contribution in [0.1, 0.15) is 43.4 Å². The van der Waals surface area contributed by atoms with Crippen LogP contribution in [0.3, 0.4) is 0 Å². The van der Waals surface area contributed by atoms with Crippen molar-refractivity contribution in [2.45, 2.75) is 38.8 Å². The van der Waals surface area contributed by atoms with Crippen LogP contribution in [0.2, 0.25) is 0 Å². The zero-order valence-electron chi connectivity index (χ0n) is 16.3. The molecule has 2 nitrogen and oxygen atoms in total. The first-order valence-corrected chi connectivity index (χ1v) is 9.42. The van der Waals surface area contributed by atoms with E-state index in [1.807, 2.05) is 83.8 Å². The van der Waals surface area contributed by atoms with Crippen LogP contribution >= 0.6 is 0 Å². The van der Waals surface area contributed by atoms with E-state index in [0.29, 0.717) is 6.54 Å². The first kappa shape index (κ1) is 18.9. The van der Waals surface area contributed by atoms with Crippen LogP contribution in [0.4, 0.5) is 0 Å². The van der Waals surface area contributed by atoms with Gasteiger partial charge in [-0.05, 0) is 37.5 Å². The lowest BCUT2D eigenvalue weighted by atomic mass is 9.88. The Morgan fingerprint density at radius 1 is 0.741 bits per heavy atom. The Morgan fingerprint density at radius 2 is 1.15 bits per heavy atom. The van der Waals surface area contributed by atoms with Gasteiger partial charge in [0.2, 0.25) is 5.91 Å². The molecule has 0 N–H and O–H groups in total. The Balaban J connectivity index is 2.02. The monoisotopic (exact) mass is 357 g/mol. The molecule has 0 aliphatic carbocycles. The third kappa shape index (κ3) is 4.65. The van der Waals surface area contributed by atoms with Gasteiger partial charge < -0.3 is 4.90 Å². The molecule has 2 heteroatoms. The molecule has 138 valence electrons. The van der Waals surface area contributed by atoms with E-state index in [9.17, 15) is 4.79 Å². The smallest absolute Gasteiger partial charge is 0.235 e. The van der Waals surface area contributed by atoms with Crippen molar-refractivity contribution < 1.29 is 4.79 Å². The van der Waals surface area contributed by atoms with E-state index >= 15 is 0 Å². The minimum atomic E-state index is -0.310. The highest BCUT2D eigenvalue weighted by atomic mass is 16.2. The quantitative estimate of drug-likeness (QED) is 0.578. The van der Waals surface area contributed by atoms with E-state index in [1.54, 1.807) is 0 Å². The Bertz CT molecular complexity index is 812. The molecule has 0 heterocycles. The lowest BCUT2D eigenvalue weighted by molar-refractivity contribution is -0.137. The van der Waals surface area contributed by atoms with Crippen LogP contribution < -0.4 is 0 Å². The number of hydrogen-bond acceptors (Lipinski definition) is 1. The van der Waals surface area contributed by atoms with Crippen molar-refractivity contribution in [1.29, 1.82) is 0 Å². The van der Waals surface area contributed by atoms with Crippen molar-refractivity contribution in [2.24, 2.45) is 0 Å². The lowest BCUT2D eigenvalue weighted by Crippen LogP contribution is -2.47. The minimum absolute atomic E-state index is 0.128. The fourth-order valence-corrected chi connectivity index (χ4v) is 3.34. The van der Waals surface area contributed by atoms with E-state index in [0.717, 1.165) is 16.7 Å². The summed E-state index contributed by atoms with van der Waals surface area (Å²) in [6.07, 6.45) is 0. The summed E-state index contributed by atoms with van der Waals surface area (Å²) in [7, 11) is 0. The van der Waals surface area contributed by atoms with Gasteiger partial charge in [0.25, 0.3) is 0 Å². The van der Waals surface area contributed by atoms with Gasteiger partial charge >= 0.3 is 0 Å². The highest BCUT2D eigenvalue weighted by molar-refractivity contribution is 5.87. The molecular weight excluding hydrogens is 330 g/mol. The van der Waals surface area contributed by atoms with Crippen LogP contribution in [0.25, 0.3) is 0 Å². The Kier molecular flexibility index (Phi) is 5.75. The number of carbonyl (C=O) groups is 1. The van der Waals surface area contributed by atoms with Gasteiger partial charge in [-0.15, -0.1) is 0 Å². The zero-order valence-corrected chi connectivity index (χ0v) is 16.3. The van der Waals surface area contributed by atoms with Crippen LogP contribution in [0.15, 0.2) is 91.0 Å². The molecule has 0 unspecified atom stereocenters. The molecule has 3 aromatic carbocycles. The van der Waals surface area contributed by atoms with Gasteiger partial charge in [0.1, 0.15) is 0 Å². The summed E-state index contributed by atoms with van der Waals surface area (Å²) >= 11 is 0. The molecule has 0 bridgehead atoms. The maximum atomic E-state index is 13.8. The summed E-state index contributed by atoms with van der Waals surface area (Å²) in [4.78, 5) is 15.8. The number of nitrogens with zero attached hydrogens (tertiary/aromatic N) is 1. The van der Waals surface area contributed by atoms with Gasteiger partial charge in [0.15, 0.2) is 0 Å². The molecule has 0 atom stereocenters. The predicted octanol–water partition coefficient (Wildman–Crippen LogP) is 5.65. The third-order valence-corrected chi connectivity index (χ3v) is 4.77. The van der Waals surface area contributed by atoms with Gasteiger partial charge in [0.05, 0.1) is 5.92 Å². The molecule has 1 amide bonds. The summed E-state index contributed by atoms with van der Waals surface area (Å²) in [6.45, 7) is 6.89. The van der Waals surface area contributed by atoms with Crippen LogP contribution in [0, 0.1) is 0 Å². The van der Waals surface area contributed by atoms with E-state index < -0.39 is 0 Å². The average molecular weight is 357 g/mol. The second-order valence-electron chi connectivity index (χ2n) is 7.84. The highest BCUT2D eigenvalue weighted by Crippen LogP contribution is 2.30. The highest BCUT2D eigenvalue weighted by Gasteiger charge is 2.33. The molecule has 0 saturated heterocycles. The zero-order chi connectivity index (χ0) is 19.3. The first-order chi connectivity index (χ1) is 13.0. The number of hydrogen-bond donors (Lipinski definition) is 0. The molecule has 3 rings (SSSR count). The van der Waals surface area contributed by atoms with Gasteiger partial charge in [-0.2, -0.15) is 0 Å². The lowest BCUT2D eigenvalue weighted by Gasteiger charge is -2.38. The van der Waals surface area contributed by atoms with Crippen molar-refractivity contribution in [3.05, 3.63) is 108 Å². The average Bonchev–Trinajstić information content (AvgIpc) is 2.68. The van der Waals surface area contributed by atoms with Crippen LogP contribution in [0.5, 0.6) is 0 Å². The van der Waals surface area contributed by atoms with E-state index in [1.165, 1.54) is 0 Å². The van der Waals surface area contributed by atoms with Crippen molar-refractivity contribution in [1.82, 2.24) is 4.90 Å². The maximum absolute atomic E-state index is 13.8. The summed E-state index contributed by atoms with van der Waals surface area (Å²) < 4.78 is 0. The number of amides is 1. The topological polar surface area (TPSA) is 20.3 Å². The largest absolute Gasteiger partial charge is 0.333 e. The van der Waals surface area contributed by atoms with Crippen molar-refractivity contribution in [2.75, 3.05) is 0 Å². The number of carbonyl (C=O) groups excluding carboxylic acids is 1. The molecule has 3 aromatic rings. The molecule has 0 radical (unpaired) electrons. The normalized spacial score (nSPS) is 11.4. The molecular formula is C25H27NO. The summed E-state index contributed by atoms with van der Waals surface area (Å²) in [6, 6.07) is 30.3. The molecule has 0 saturated carbocycles. The predicted molar refractivity (Wildman–Crippen MR) is 111 cm³/mol. The van der Waals surface area contributed by atoms with Gasteiger partial charge in [-0.25, -0.2) is 0 Å². The first-order valence-electron chi connectivity index (χ1n) is 9.42. The van der Waals surface area contributed by atoms with Crippen LogP contribution in [-0.2, 0) is 11.3 Å². The Hall–Kier alpha value is -2.87. The molecule has 0 spiro atoms. The van der Waals surface area contributed by atoms with Gasteiger partial charge in [0, 0.05) is 12.1 Å². The maximum Gasteiger partial charge on any atom is 0.235 e. The third-order valence-electron chi connectivity index (χ3n) is 4.77. The van der Waals surface area contributed by atoms with Crippen molar-refractivity contribution in [3.8, 4) is 0 Å². The standard InChI is InChI=1S/C25H27NO/c1-25(2,3)26(19-20-13-7-4-8-14-20)24(27)23(21-15-9-5-10-16-21)22-17-11-6-12-18-22/h4-18,23H,19H2,1-3H3. The van der Waals surface area contributed by atoms with E-state index in [4.69, 9.17) is 0 Å². The number of benzene rings is 3. The van der Waals surface area contributed by atoms with Crippen molar-refractivity contribution in [3.63, 3.8) is 0 Å². The van der Waals surface area contributed by atoms with Gasteiger partial charge in [-0.3, -0.25) is 4.79 Å². The van der Waals surface area contributed by atoms with E-state index in [-0.39, 0.29) is 17.4 Å². The fourth-order valence-electron chi connectivity index (χ4n) is 3.34. The Morgan fingerprint density at radius 3 is 1.56 bits per heavy atom. The number of rotatable bonds is 5. The molecule has 27 heavy (non-hydrogen) atoms. The van der Waals surface area contributed by atoms with Crippen LogP contribution in [-0.4, -0.2) is 16.3 Å².